The number of oxime groups is 1. The molecule has 1 atom stereocenters. The quantitative estimate of drug-likeness (QED) is 0.315. The first kappa shape index (κ1) is 12.5. The lowest BCUT2D eigenvalue weighted by atomic mass is 10.1. The van der Waals surface area contributed by atoms with Crippen LogP contribution in [0, 0.1) is 5.92 Å². The third-order valence-corrected chi connectivity index (χ3v) is 3.05. The smallest absolute Gasteiger partial charge is 0.287 e. The second kappa shape index (κ2) is 5.12. The predicted molar refractivity (Wildman–Crippen MR) is 65.5 cm³/mol. The van der Waals surface area contributed by atoms with Crippen molar-refractivity contribution < 1.29 is 14.4 Å². The number of amides is 1. The molecule has 1 aliphatic rings. The zero-order chi connectivity index (χ0) is 13.1. The van der Waals surface area contributed by atoms with Crippen LogP contribution in [0.3, 0.4) is 0 Å². The Morgan fingerprint density at radius 3 is 2.89 bits per heavy atom. The standard InChI is InChI=1S/C12H17N3O3/c1-2-8-5-6-9(18-8)12(16)14-10(7-3-4-7)11(13)15-17/h5-7,10,17H,2-4H2,1H3,(H2,13,15)(H,14,16). The maximum absolute atomic E-state index is 11.9. The number of aryl methyl sites for hydroxylation is 1. The van der Waals surface area contributed by atoms with E-state index >= 15 is 0 Å². The number of carbonyl (C=O) groups excluding carboxylic acids is 1. The first-order valence-corrected chi connectivity index (χ1v) is 6.02. The summed E-state index contributed by atoms with van der Waals surface area (Å²) in [6, 6.07) is 2.98. The number of rotatable bonds is 5. The van der Waals surface area contributed by atoms with Crippen LogP contribution in [0.15, 0.2) is 21.7 Å². The van der Waals surface area contributed by atoms with Gasteiger partial charge in [-0.25, -0.2) is 0 Å². The van der Waals surface area contributed by atoms with E-state index in [1.807, 2.05) is 6.92 Å². The molecule has 4 N–H and O–H groups in total. The van der Waals surface area contributed by atoms with E-state index in [0.717, 1.165) is 25.0 Å². The maximum Gasteiger partial charge on any atom is 0.287 e. The topological polar surface area (TPSA) is 101 Å². The second-order valence-electron chi connectivity index (χ2n) is 4.43. The lowest BCUT2D eigenvalue weighted by Crippen LogP contribution is -2.46. The Morgan fingerprint density at radius 2 is 2.39 bits per heavy atom. The fraction of sp³-hybridized carbons (Fsp3) is 0.500. The third kappa shape index (κ3) is 2.64. The molecule has 1 aromatic rings. The highest BCUT2D eigenvalue weighted by atomic mass is 16.4. The predicted octanol–water partition coefficient (Wildman–Crippen LogP) is 1.10. The van der Waals surface area contributed by atoms with Crippen molar-refractivity contribution in [1.29, 1.82) is 0 Å². The molecule has 1 fully saturated rings. The summed E-state index contributed by atoms with van der Waals surface area (Å²) in [6.07, 6.45) is 2.68. The van der Waals surface area contributed by atoms with Crippen LogP contribution >= 0.6 is 0 Å². The summed E-state index contributed by atoms with van der Waals surface area (Å²) in [4.78, 5) is 11.9. The van der Waals surface area contributed by atoms with Crippen LogP contribution in [0.5, 0.6) is 0 Å². The Hall–Kier alpha value is -1.98. The van der Waals surface area contributed by atoms with Gasteiger partial charge in [0.05, 0.1) is 6.04 Å². The molecule has 2 rings (SSSR count). The molecule has 1 amide bonds. The summed E-state index contributed by atoms with van der Waals surface area (Å²) in [5.41, 5.74) is 5.57. The van der Waals surface area contributed by atoms with Crippen LogP contribution < -0.4 is 11.1 Å². The molecule has 1 heterocycles. The Kier molecular flexibility index (Phi) is 3.55. The first-order chi connectivity index (χ1) is 8.65. The molecule has 0 aliphatic heterocycles. The van der Waals surface area contributed by atoms with Crippen LogP contribution in [0.25, 0.3) is 0 Å². The van der Waals surface area contributed by atoms with E-state index < -0.39 is 6.04 Å². The molecule has 0 bridgehead atoms. The first-order valence-electron chi connectivity index (χ1n) is 6.02. The third-order valence-electron chi connectivity index (χ3n) is 3.05. The van der Waals surface area contributed by atoms with Crippen molar-refractivity contribution in [2.75, 3.05) is 0 Å². The number of carbonyl (C=O) groups is 1. The molecule has 1 aromatic heterocycles. The van der Waals surface area contributed by atoms with Crippen LogP contribution in [0.4, 0.5) is 0 Å². The average Bonchev–Trinajstić information content (AvgIpc) is 3.11. The lowest BCUT2D eigenvalue weighted by molar-refractivity contribution is 0.0913. The Balaban J connectivity index is 2.04. The van der Waals surface area contributed by atoms with Crippen molar-refractivity contribution >= 4 is 11.7 Å². The minimum absolute atomic E-state index is 0.0353. The molecular weight excluding hydrogens is 234 g/mol. The Morgan fingerprint density at radius 1 is 1.67 bits per heavy atom. The molecule has 0 spiro atoms. The Labute approximate surface area is 105 Å². The zero-order valence-corrected chi connectivity index (χ0v) is 10.2. The Bertz CT molecular complexity index is 463. The number of hydrogen-bond donors (Lipinski definition) is 3. The van der Waals surface area contributed by atoms with Gasteiger partial charge in [0, 0.05) is 6.42 Å². The van der Waals surface area contributed by atoms with E-state index in [1.165, 1.54) is 0 Å². The van der Waals surface area contributed by atoms with Gasteiger partial charge in [-0.3, -0.25) is 4.79 Å². The van der Waals surface area contributed by atoms with Crippen LogP contribution in [-0.4, -0.2) is 23.0 Å². The van der Waals surface area contributed by atoms with Crippen molar-refractivity contribution in [3.8, 4) is 0 Å². The summed E-state index contributed by atoms with van der Waals surface area (Å²) in [5, 5.41) is 14.4. The van der Waals surface area contributed by atoms with Crippen LogP contribution in [0.1, 0.15) is 36.1 Å². The molecule has 18 heavy (non-hydrogen) atoms. The van der Waals surface area contributed by atoms with Crippen molar-refractivity contribution in [1.82, 2.24) is 5.32 Å². The fourth-order valence-corrected chi connectivity index (χ4v) is 1.83. The molecular formula is C12H17N3O3. The molecule has 1 aliphatic carbocycles. The summed E-state index contributed by atoms with van der Waals surface area (Å²) in [6.45, 7) is 1.95. The number of nitrogens with one attached hydrogen (secondary N) is 1. The van der Waals surface area contributed by atoms with Gasteiger partial charge in [-0.2, -0.15) is 0 Å². The lowest BCUT2D eigenvalue weighted by Gasteiger charge is -2.15. The van der Waals surface area contributed by atoms with Gasteiger partial charge in [0.1, 0.15) is 5.76 Å². The van der Waals surface area contributed by atoms with E-state index in [9.17, 15) is 4.79 Å². The molecule has 1 saturated carbocycles. The molecule has 6 nitrogen and oxygen atoms in total. The summed E-state index contributed by atoms with van der Waals surface area (Å²) < 4.78 is 5.35. The highest BCUT2D eigenvalue weighted by molar-refractivity contribution is 5.96. The van der Waals surface area contributed by atoms with Gasteiger partial charge in [-0.15, -0.1) is 0 Å². The van der Waals surface area contributed by atoms with Gasteiger partial charge in [0.15, 0.2) is 11.6 Å². The van der Waals surface area contributed by atoms with Gasteiger partial charge in [-0.1, -0.05) is 12.1 Å². The van der Waals surface area contributed by atoms with Gasteiger partial charge < -0.3 is 20.7 Å². The van der Waals surface area contributed by atoms with Gasteiger partial charge in [0.2, 0.25) is 0 Å². The van der Waals surface area contributed by atoms with Gasteiger partial charge in [0.25, 0.3) is 5.91 Å². The zero-order valence-electron chi connectivity index (χ0n) is 10.2. The number of hydrogen-bond acceptors (Lipinski definition) is 4. The highest BCUT2D eigenvalue weighted by Crippen LogP contribution is 2.32. The molecule has 0 saturated heterocycles. The maximum atomic E-state index is 11.9. The molecule has 0 radical (unpaired) electrons. The summed E-state index contributed by atoms with van der Waals surface area (Å²) in [5.74, 6) is 0.965. The van der Waals surface area contributed by atoms with E-state index in [0.29, 0.717) is 0 Å². The van der Waals surface area contributed by atoms with Gasteiger partial charge in [-0.05, 0) is 30.9 Å². The molecule has 1 unspecified atom stereocenters. The van der Waals surface area contributed by atoms with E-state index in [-0.39, 0.29) is 23.4 Å². The van der Waals surface area contributed by atoms with Crippen molar-refractivity contribution in [3.63, 3.8) is 0 Å². The van der Waals surface area contributed by atoms with Crippen molar-refractivity contribution in [3.05, 3.63) is 23.7 Å². The van der Waals surface area contributed by atoms with E-state index in [4.69, 9.17) is 15.4 Å². The number of nitrogens with zero attached hydrogens (tertiary/aromatic N) is 1. The second-order valence-corrected chi connectivity index (χ2v) is 4.43. The van der Waals surface area contributed by atoms with Crippen LogP contribution in [-0.2, 0) is 6.42 Å². The number of nitrogens with two attached hydrogens (primary N) is 1. The van der Waals surface area contributed by atoms with Crippen molar-refractivity contribution in [2.24, 2.45) is 16.8 Å². The monoisotopic (exact) mass is 251 g/mol. The minimum atomic E-state index is -0.419. The van der Waals surface area contributed by atoms with Gasteiger partial charge >= 0.3 is 0 Å². The summed E-state index contributed by atoms with van der Waals surface area (Å²) in [7, 11) is 0. The number of amidine groups is 1. The SMILES string of the molecule is CCc1ccc(C(=O)NC(C(N)=NO)C2CC2)o1. The van der Waals surface area contributed by atoms with E-state index in [2.05, 4.69) is 10.5 Å². The van der Waals surface area contributed by atoms with Crippen molar-refractivity contribution in [2.45, 2.75) is 32.2 Å². The average molecular weight is 251 g/mol. The number of furan rings is 1. The molecule has 98 valence electrons. The fourth-order valence-electron chi connectivity index (χ4n) is 1.83. The minimum Gasteiger partial charge on any atom is -0.456 e. The molecule has 0 aromatic carbocycles. The normalized spacial score (nSPS) is 17.5. The molecule has 6 heteroatoms. The largest absolute Gasteiger partial charge is 0.456 e. The van der Waals surface area contributed by atoms with E-state index in [1.54, 1.807) is 12.1 Å². The van der Waals surface area contributed by atoms with Crippen LogP contribution in [0.2, 0.25) is 0 Å². The summed E-state index contributed by atoms with van der Waals surface area (Å²) >= 11 is 0. The highest BCUT2D eigenvalue weighted by Gasteiger charge is 2.35.